The van der Waals surface area contributed by atoms with Crippen molar-refractivity contribution < 1.29 is 0 Å². The molecule has 1 aromatic carbocycles. The van der Waals surface area contributed by atoms with Crippen molar-refractivity contribution in [3.8, 4) is 11.4 Å². The van der Waals surface area contributed by atoms with Crippen LogP contribution in [0.5, 0.6) is 0 Å². The summed E-state index contributed by atoms with van der Waals surface area (Å²) < 4.78 is 2.15. The molecule has 3 rings (SSSR count). The van der Waals surface area contributed by atoms with Crippen LogP contribution < -0.4 is 5.73 Å². The molecule has 0 fully saturated rings. The van der Waals surface area contributed by atoms with Crippen molar-refractivity contribution in [1.82, 2.24) is 14.5 Å². The Morgan fingerprint density at radius 1 is 1.14 bits per heavy atom. The maximum absolute atomic E-state index is 6.18. The minimum Gasteiger partial charge on any atom is -0.326 e. The van der Waals surface area contributed by atoms with Crippen molar-refractivity contribution >= 4 is 11.2 Å². The second kappa shape index (κ2) is 5.89. The number of imidazole rings is 1. The molecule has 3 aromatic rings. The Morgan fingerprint density at radius 2 is 1.86 bits per heavy atom. The Hall–Kier alpha value is -2.20. The zero-order chi connectivity index (χ0) is 15.7. The molecule has 0 spiro atoms. The van der Waals surface area contributed by atoms with Gasteiger partial charge in [-0.2, -0.15) is 0 Å². The lowest BCUT2D eigenvalue weighted by atomic mass is 10.1. The fourth-order valence-corrected chi connectivity index (χ4v) is 2.57. The number of hydrogen-bond donors (Lipinski definition) is 1. The Balaban J connectivity index is 2.18. The van der Waals surface area contributed by atoms with Crippen LogP contribution in [0.15, 0.2) is 36.5 Å². The van der Waals surface area contributed by atoms with Crippen LogP contribution >= 0.6 is 0 Å². The molecule has 0 aliphatic carbocycles. The molecule has 1 unspecified atom stereocenters. The van der Waals surface area contributed by atoms with Gasteiger partial charge >= 0.3 is 0 Å². The topological polar surface area (TPSA) is 56.7 Å². The van der Waals surface area contributed by atoms with Crippen LogP contribution in [0.25, 0.3) is 22.6 Å². The van der Waals surface area contributed by atoms with E-state index in [2.05, 4.69) is 53.7 Å². The first-order chi connectivity index (χ1) is 10.6. The fourth-order valence-electron chi connectivity index (χ4n) is 2.57. The largest absolute Gasteiger partial charge is 0.326 e. The second-order valence-electron chi connectivity index (χ2n) is 5.94. The number of pyridine rings is 1. The summed E-state index contributed by atoms with van der Waals surface area (Å²) in [5, 5.41) is 0. The Bertz CT molecular complexity index is 787. The van der Waals surface area contributed by atoms with Crippen LogP contribution in [-0.4, -0.2) is 20.6 Å². The van der Waals surface area contributed by atoms with Gasteiger partial charge in [0.2, 0.25) is 0 Å². The van der Waals surface area contributed by atoms with Crippen LogP contribution in [0.3, 0.4) is 0 Å². The highest BCUT2D eigenvalue weighted by Gasteiger charge is 2.15. The highest BCUT2D eigenvalue weighted by molar-refractivity contribution is 5.77. The first-order valence-electron chi connectivity index (χ1n) is 7.74. The Morgan fingerprint density at radius 3 is 2.55 bits per heavy atom. The predicted octanol–water partition coefficient (Wildman–Crippen LogP) is 3.45. The van der Waals surface area contributed by atoms with Crippen LogP contribution in [0.2, 0.25) is 0 Å². The molecule has 0 saturated carbocycles. The predicted molar refractivity (Wildman–Crippen MR) is 90.7 cm³/mol. The molecule has 0 amide bonds. The van der Waals surface area contributed by atoms with E-state index in [1.165, 1.54) is 5.56 Å². The van der Waals surface area contributed by atoms with E-state index in [0.717, 1.165) is 41.1 Å². The van der Waals surface area contributed by atoms with Crippen molar-refractivity contribution in [3.05, 3.63) is 47.7 Å². The van der Waals surface area contributed by atoms with Crippen molar-refractivity contribution in [2.24, 2.45) is 5.73 Å². The Labute approximate surface area is 131 Å². The summed E-state index contributed by atoms with van der Waals surface area (Å²) >= 11 is 0. The summed E-state index contributed by atoms with van der Waals surface area (Å²) in [4.78, 5) is 9.38. The average molecular weight is 294 g/mol. The standard InChI is InChI=1S/C18H22N4/c1-4-15(19)11-22-17(14-7-5-12(2)6-8-14)21-16-9-13(3)10-20-18(16)22/h5-10,15H,4,11,19H2,1-3H3. The van der Waals surface area contributed by atoms with Gasteiger partial charge in [-0.25, -0.2) is 9.97 Å². The zero-order valence-electron chi connectivity index (χ0n) is 13.4. The first kappa shape index (κ1) is 14.7. The average Bonchev–Trinajstić information content (AvgIpc) is 2.85. The van der Waals surface area contributed by atoms with Gasteiger partial charge in [-0.1, -0.05) is 36.8 Å². The molecule has 4 heteroatoms. The van der Waals surface area contributed by atoms with Crippen LogP contribution in [0.4, 0.5) is 0 Å². The summed E-state index contributed by atoms with van der Waals surface area (Å²) in [6, 6.07) is 10.6. The smallest absolute Gasteiger partial charge is 0.160 e. The number of aryl methyl sites for hydroxylation is 2. The molecule has 0 saturated heterocycles. The third kappa shape index (κ3) is 2.74. The van der Waals surface area contributed by atoms with Gasteiger partial charge in [0.15, 0.2) is 5.65 Å². The first-order valence-corrected chi connectivity index (χ1v) is 7.74. The molecule has 4 nitrogen and oxygen atoms in total. The molecular weight excluding hydrogens is 272 g/mol. The number of fused-ring (bicyclic) bond motifs is 1. The minimum absolute atomic E-state index is 0.102. The third-order valence-electron chi connectivity index (χ3n) is 3.97. The van der Waals surface area contributed by atoms with Gasteiger partial charge < -0.3 is 10.3 Å². The highest BCUT2D eigenvalue weighted by Crippen LogP contribution is 2.25. The molecule has 0 radical (unpaired) electrons. The SMILES string of the molecule is CCC(N)Cn1c(-c2ccc(C)cc2)nc2cc(C)cnc21. The van der Waals surface area contributed by atoms with Crippen molar-refractivity contribution in [2.45, 2.75) is 39.8 Å². The summed E-state index contributed by atoms with van der Waals surface area (Å²) in [5.41, 5.74) is 11.5. The van der Waals surface area contributed by atoms with E-state index >= 15 is 0 Å². The second-order valence-corrected chi connectivity index (χ2v) is 5.94. The number of nitrogens with two attached hydrogens (primary N) is 1. The molecule has 0 aliphatic rings. The zero-order valence-corrected chi connectivity index (χ0v) is 13.4. The third-order valence-corrected chi connectivity index (χ3v) is 3.97. The summed E-state index contributed by atoms with van der Waals surface area (Å²) in [6.07, 6.45) is 2.82. The minimum atomic E-state index is 0.102. The normalized spacial score (nSPS) is 12.7. The summed E-state index contributed by atoms with van der Waals surface area (Å²) in [6.45, 7) is 6.96. The molecule has 1 atom stereocenters. The molecule has 2 aromatic heterocycles. The van der Waals surface area contributed by atoms with E-state index < -0.39 is 0 Å². The molecule has 2 heterocycles. The monoisotopic (exact) mass is 294 g/mol. The maximum atomic E-state index is 6.18. The fraction of sp³-hybridized carbons (Fsp3) is 0.333. The molecule has 0 bridgehead atoms. The molecular formula is C18H22N4. The van der Waals surface area contributed by atoms with Gasteiger partial charge in [0.05, 0.1) is 0 Å². The van der Waals surface area contributed by atoms with Gasteiger partial charge in [-0.3, -0.25) is 0 Å². The van der Waals surface area contributed by atoms with Gasteiger partial charge in [-0.05, 0) is 31.9 Å². The number of aromatic nitrogens is 3. The van der Waals surface area contributed by atoms with E-state index in [9.17, 15) is 0 Å². The van der Waals surface area contributed by atoms with Gasteiger partial charge in [0.1, 0.15) is 11.3 Å². The van der Waals surface area contributed by atoms with Crippen molar-refractivity contribution in [2.75, 3.05) is 0 Å². The van der Waals surface area contributed by atoms with Crippen molar-refractivity contribution in [1.29, 1.82) is 0 Å². The van der Waals surface area contributed by atoms with E-state index in [4.69, 9.17) is 10.7 Å². The van der Waals surface area contributed by atoms with Crippen molar-refractivity contribution in [3.63, 3.8) is 0 Å². The van der Waals surface area contributed by atoms with Gasteiger partial charge in [0, 0.05) is 24.3 Å². The molecule has 2 N–H and O–H groups in total. The number of rotatable bonds is 4. The van der Waals surface area contributed by atoms with Crippen LogP contribution in [0, 0.1) is 13.8 Å². The molecule has 114 valence electrons. The van der Waals surface area contributed by atoms with Crippen LogP contribution in [-0.2, 0) is 6.54 Å². The van der Waals surface area contributed by atoms with Crippen LogP contribution in [0.1, 0.15) is 24.5 Å². The van der Waals surface area contributed by atoms with E-state index in [1.54, 1.807) is 0 Å². The summed E-state index contributed by atoms with van der Waals surface area (Å²) in [7, 11) is 0. The lowest BCUT2D eigenvalue weighted by Gasteiger charge is -2.13. The number of nitrogens with zero attached hydrogens (tertiary/aromatic N) is 3. The maximum Gasteiger partial charge on any atom is 0.160 e. The summed E-state index contributed by atoms with van der Waals surface area (Å²) in [5.74, 6) is 0.942. The lowest BCUT2D eigenvalue weighted by molar-refractivity contribution is 0.549. The lowest BCUT2D eigenvalue weighted by Crippen LogP contribution is -2.25. The highest BCUT2D eigenvalue weighted by atomic mass is 15.1. The van der Waals surface area contributed by atoms with Gasteiger partial charge in [-0.15, -0.1) is 0 Å². The number of benzene rings is 1. The van der Waals surface area contributed by atoms with E-state index in [0.29, 0.717) is 0 Å². The molecule has 22 heavy (non-hydrogen) atoms. The van der Waals surface area contributed by atoms with E-state index in [1.807, 2.05) is 13.1 Å². The Kier molecular flexibility index (Phi) is 3.94. The quantitative estimate of drug-likeness (QED) is 0.801. The number of hydrogen-bond acceptors (Lipinski definition) is 3. The van der Waals surface area contributed by atoms with Gasteiger partial charge in [0.25, 0.3) is 0 Å². The van der Waals surface area contributed by atoms with E-state index in [-0.39, 0.29) is 6.04 Å². The molecule has 0 aliphatic heterocycles.